The maximum atomic E-state index is 8.89. The predicted octanol–water partition coefficient (Wildman–Crippen LogP) is 5.08. The second-order valence-electron chi connectivity index (χ2n) is 6.03. The number of hydrogen-bond donors (Lipinski definition) is 0. The van der Waals surface area contributed by atoms with Crippen LogP contribution in [0.15, 0.2) is 66.7 Å². The number of rotatable bonds is 5. The number of benzene rings is 3. The van der Waals surface area contributed by atoms with Crippen LogP contribution < -0.4 is 14.4 Å². The van der Waals surface area contributed by atoms with Crippen molar-refractivity contribution in [1.29, 1.82) is 10.5 Å². The standard InChI is InChI=1S/C22H17N3O2/c1-25(2)18-11-21(26-19-7-3-16(14-23)4-8-19)13-22(12-18)27-20-9-5-17(15-24)6-10-20/h3-13H,1-2H3. The SMILES string of the molecule is CN(C)c1cc(Oc2ccc(C#N)cc2)cc(Oc2ccc(C#N)cc2)c1. The summed E-state index contributed by atoms with van der Waals surface area (Å²) in [5.74, 6) is 2.51. The van der Waals surface area contributed by atoms with Gasteiger partial charge in [0.15, 0.2) is 0 Å². The second-order valence-corrected chi connectivity index (χ2v) is 6.03. The molecule has 0 aliphatic rings. The van der Waals surface area contributed by atoms with Gasteiger partial charge in [0, 0.05) is 38.0 Å². The van der Waals surface area contributed by atoms with E-state index in [9.17, 15) is 0 Å². The minimum absolute atomic E-state index is 0.578. The van der Waals surface area contributed by atoms with Gasteiger partial charge in [-0.1, -0.05) is 0 Å². The molecule has 5 heteroatoms. The molecule has 3 rings (SSSR count). The van der Waals surface area contributed by atoms with E-state index in [1.54, 1.807) is 54.6 Å². The van der Waals surface area contributed by atoms with Crippen molar-refractivity contribution in [3.63, 3.8) is 0 Å². The zero-order chi connectivity index (χ0) is 19.2. The summed E-state index contributed by atoms with van der Waals surface area (Å²) in [5, 5.41) is 17.8. The van der Waals surface area contributed by atoms with Gasteiger partial charge in [0.05, 0.1) is 23.3 Å². The van der Waals surface area contributed by atoms with E-state index in [-0.39, 0.29) is 0 Å². The number of ether oxygens (including phenoxy) is 2. The Morgan fingerprint density at radius 3 is 1.37 bits per heavy atom. The smallest absolute Gasteiger partial charge is 0.133 e. The topological polar surface area (TPSA) is 69.3 Å². The lowest BCUT2D eigenvalue weighted by Crippen LogP contribution is -2.08. The molecule has 3 aromatic rings. The third-order valence-corrected chi connectivity index (χ3v) is 3.82. The van der Waals surface area contributed by atoms with Gasteiger partial charge in [-0.15, -0.1) is 0 Å². The van der Waals surface area contributed by atoms with Crippen LogP contribution in [0.25, 0.3) is 0 Å². The summed E-state index contributed by atoms with van der Waals surface area (Å²) in [6, 6.07) is 23.6. The lowest BCUT2D eigenvalue weighted by molar-refractivity contribution is 0.460. The number of nitriles is 2. The molecule has 5 nitrogen and oxygen atoms in total. The van der Waals surface area contributed by atoms with Crippen LogP contribution in [0.2, 0.25) is 0 Å². The Bertz CT molecular complexity index is 934. The first-order valence-electron chi connectivity index (χ1n) is 8.26. The van der Waals surface area contributed by atoms with E-state index in [1.807, 2.05) is 31.1 Å². The van der Waals surface area contributed by atoms with Gasteiger partial charge in [-0.3, -0.25) is 0 Å². The summed E-state index contributed by atoms with van der Waals surface area (Å²) in [6.07, 6.45) is 0. The first-order valence-corrected chi connectivity index (χ1v) is 8.26. The molecular weight excluding hydrogens is 338 g/mol. The molecule has 0 aromatic heterocycles. The van der Waals surface area contributed by atoms with Crippen molar-refractivity contribution in [2.75, 3.05) is 19.0 Å². The predicted molar refractivity (Wildman–Crippen MR) is 103 cm³/mol. The van der Waals surface area contributed by atoms with Crippen LogP contribution in [0, 0.1) is 22.7 Å². The number of nitrogens with zero attached hydrogens (tertiary/aromatic N) is 3. The largest absolute Gasteiger partial charge is 0.457 e. The Hall–Kier alpha value is -3.96. The van der Waals surface area contributed by atoms with Gasteiger partial charge in [0.25, 0.3) is 0 Å². The van der Waals surface area contributed by atoms with Gasteiger partial charge < -0.3 is 14.4 Å². The zero-order valence-corrected chi connectivity index (χ0v) is 15.0. The van der Waals surface area contributed by atoms with Gasteiger partial charge in [0.2, 0.25) is 0 Å². The van der Waals surface area contributed by atoms with Crippen molar-refractivity contribution in [1.82, 2.24) is 0 Å². The summed E-state index contributed by atoms with van der Waals surface area (Å²) in [4.78, 5) is 1.96. The van der Waals surface area contributed by atoms with E-state index in [4.69, 9.17) is 20.0 Å². The van der Waals surface area contributed by atoms with Crippen LogP contribution >= 0.6 is 0 Å². The van der Waals surface area contributed by atoms with Crippen LogP contribution in [0.1, 0.15) is 11.1 Å². The van der Waals surface area contributed by atoms with E-state index < -0.39 is 0 Å². The van der Waals surface area contributed by atoms with Crippen molar-refractivity contribution < 1.29 is 9.47 Å². The number of anilines is 1. The molecule has 0 bridgehead atoms. The molecule has 0 saturated heterocycles. The van der Waals surface area contributed by atoms with E-state index >= 15 is 0 Å². The zero-order valence-electron chi connectivity index (χ0n) is 15.0. The molecule has 0 aliphatic carbocycles. The highest BCUT2D eigenvalue weighted by molar-refractivity contribution is 5.56. The molecule has 0 atom stereocenters. The normalized spacial score (nSPS) is 9.78. The molecule has 0 aliphatic heterocycles. The maximum Gasteiger partial charge on any atom is 0.133 e. The van der Waals surface area contributed by atoms with Crippen LogP contribution in [0.5, 0.6) is 23.0 Å². The third kappa shape index (κ3) is 4.56. The molecule has 0 heterocycles. The molecule has 3 aromatic carbocycles. The first kappa shape index (κ1) is 17.8. The Kier molecular flexibility index (Phi) is 5.25. The Labute approximate surface area is 158 Å². The van der Waals surface area contributed by atoms with Crippen LogP contribution in [-0.2, 0) is 0 Å². The van der Waals surface area contributed by atoms with E-state index in [0.717, 1.165) is 5.69 Å². The molecule has 0 saturated carbocycles. The van der Waals surface area contributed by atoms with Crippen molar-refractivity contribution in [2.45, 2.75) is 0 Å². The summed E-state index contributed by atoms with van der Waals surface area (Å²) in [7, 11) is 3.87. The minimum atomic E-state index is 0.578. The van der Waals surface area contributed by atoms with Crippen LogP contribution in [-0.4, -0.2) is 14.1 Å². The maximum absolute atomic E-state index is 8.89. The van der Waals surface area contributed by atoms with Gasteiger partial charge in [-0.2, -0.15) is 10.5 Å². The molecule has 27 heavy (non-hydrogen) atoms. The Morgan fingerprint density at radius 2 is 1.04 bits per heavy atom. The summed E-state index contributed by atoms with van der Waals surface area (Å²) in [5.41, 5.74) is 2.08. The van der Waals surface area contributed by atoms with Crippen LogP contribution in [0.4, 0.5) is 5.69 Å². The van der Waals surface area contributed by atoms with Gasteiger partial charge in [0.1, 0.15) is 23.0 Å². The Balaban J connectivity index is 1.87. The fraction of sp³-hybridized carbons (Fsp3) is 0.0909. The lowest BCUT2D eigenvalue weighted by Gasteiger charge is -2.17. The fourth-order valence-corrected chi connectivity index (χ4v) is 2.40. The summed E-state index contributed by atoms with van der Waals surface area (Å²) in [6.45, 7) is 0. The van der Waals surface area contributed by atoms with Crippen molar-refractivity contribution in [3.8, 4) is 35.1 Å². The van der Waals surface area contributed by atoms with E-state index in [0.29, 0.717) is 34.1 Å². The molecule has 132 valence electrons. The molecule has 0 radical (unpaired) electrons. The molecule has 0 amide bonds. The second kappa shape index (κ2) is 7.95. The highest BCUT2D eigenvalue weighted by Crippen LogP contribution is 2.33. The first-order chi connectivity index (χ1) is 13.1. The Morgan fingerprint density at radius 1 is 0.630 bits per heavy atom. The lowest BCUT2D eigenvalue weighted by atomic mass is 10.2. The average molecular weight is 355 g/mol. The molecular formula is C22H17N3O2. The fourth-order valence-electron chi connectivity index (χ4n) is 2.40. The molecule has 0 unspecified atom stereocenters. The van der Waals surface area contributed by atoms with E-state index in [1.165, 1.54) is 0 Å². The minimum Gasteiger partial charge on any atom is -0.457 e. The van der Waals surface area contributed by atoms with Crippen molar-refractivity contribution in [3.05, 3.63) is 77.9 Å². The number of hydrogen-bond acceptors (Lipinski definition) is 5. The quantitative estimate of drug-likeness (QED) is 0.638. The highest BCUT2D eigenvalue weighted by Gasteiger charge is 2.08. The van der Waals surface area contributed by atoms with Gasteiger partial charge >= 0.3 is 0 Å². The average Bonchev–Trinajstić information content (AvgIpc) is 2.69. The van der Waals surface area contributed by atoms with Crippen LogP contribution in [0.3, 0.4) is 0 Å². The molecule has 0 spiro atoms. The molecule has 0 fully saturated rings. The summed E-state index contributed by atoms with van der Waals surface area (Å²) >= 11 is 0. The monoisotopic (exact) mass is 355 g/mol. The summed E-state index contributed by atoms with van der Waals surface area (Å²) < 4.78 is 11.8. The van der Waals surface area contributed by atoms with Gasteiger partial charge in [-0.25, -0.2) is 0 Å². The van der Waals surface area contributed by atoms with Crippen molar-refractivity contribution >= 4 is 5.69 Å². The molecule has 0 N–H and O–H groups in total. The highest BCUT2D eigenvalue weighted by atomic mass is 16.5. The third-order valence-electron chi connectivity index (χ3n) is 3.82. The van der Waals surface area contributed by atoms with Gasteiger partial charge in [-0.05, 0) is 48.5 Å². The van der Waals surface area contributed by atoms with E-state index in [2.05, 4.69) is 12.1 Å². The van der Waals surface area contributed by atoms with Crippen molar-refractivity contribution in [2.24, 2.45) is 0 Å².